The van der Waals surface area contributed by atoms with Crippen LogP contribution in [0.25, 0.3) is 6.08 Å². The lowest BCUT2D eigenvalue weighted by atomic mass is 10.0. The van der Waals surface area contributed by atoms with Gasteiger partial charge in [-0.3, -0.25) is 34.3 Å². The molecule has 1 fully saturated rings. The van der Waals surface area contributed by atoms with Crippen LogP contribution in [0, 0.1) is 0 Å². The molecule has 196 valence electrons. The Morgan fingerprint density at radius 2 is 1.56 bits per heavy atom. The van der Waals surface area contributed by atoms with Crippen LogP contribution in [0.5, 0.6) is 11.5 Å². The van der Waals surface area contributed by atoms with Gasteiger partial charge in [-0.2, -0.15) is 0 Å². The zero-order chi connectivity index (χ0) is 27.7. The smallest absolute Gasteiger partial charge is 0.270 e. The highest BCUT2D eigenvalue weighted by Crippen LogP contribution is 2.29. The van der Waals surface area contributed by atoms with Crippen molar-refractivity contribution in [3.8, 4) is 11.5 Å². The molecule has 1 saturated heterocycles. The minimum Gasteiger partial charge on any atom is -0.496 e. The molecule has 10 heteroatoms. The van der Waals surface area contributed by atoms with Crippen molar-refractivity contribution in [2.75, 3.05) is 18.6 Å². The third kappa shape index (κ3) is 4.77. The van der Waals surface area contributed by atoms with Crippen molar-refractivity contribution in [1.29, 1.82) is 0 Å². The van der Waals surface area contributed by atoms with Gasteiger partial charge in [-0.05, 0) is 79.3 Å². The summed E-state index contributed by atoms with van der Waals surface area (Å²) in [5, 5.41) is 2.53. The molecule has 0 spiro atoms. The first-order valence-corrected chi connectivity index (χ1v) is 12.5. The lowest BCUT2D eigenvalue weighted by molar-refractivity contribution is -0.122. The van der Waals surface area contributed by atoms with Gasteiger partial charge in [0.15, 0.2) is 5.11 Å². The van der Waals surface area contributed by atoms with Crippen molar-refractivity contribution in [1.82, 2.24) is 10.2 Å². The number of nitrogens with one attached hydrogen (secondary N) is 1. The van der Waals surface area contributed by atoms with Crippen LogP contribution >= 0.6 is 12.2 Å². The van der Waals surface area contributed by atoms with Gasteiger partial charge < -0.3 is 9.47 Å². The molecule has 4 amide bonds. The molecule has 3 aromatic rings. The van der Waals surface area contributed by atoms with Crippen molar-refractivity contribution in [2.24, 2.45) is 0 Å². The maximum atomic E-state index is 13.4. The second kappa shape index (κ2) is 10.5. The summed E-state index contributed by atoms with van der Waals surface area (Å²) in [6, 6.07) is 18.4. The number of thiocarbonyl (C=S) groups is 1. The van der Waals surface area contributed by atoms with Crippen molar-refractivity contribution >= 4 is 52.7 Å². The number of anilines is 1. The molecule has 9 nitrogen and oxygen atoms in total. The molecule has 0 aromatic heterocycles. The minimum atomic E-state index is -0.634. The van der Waals surface area contributed by atoms with E-state index in [4.69, 9.17) is 21.7 Å². The number of fused-ring (bicyclic) bond motifs is 1. The van der Waals surface area contributed by atoms with Crippen LogP contribution in [0.2, 0.25) is 0 Å². The summed E-state index contributed by atoms with van der Waals surface area (Å²) in [5.41, 5.74) is 2.06. The molecule has 5 rings (SSSR count). The lowest BCUT2D eigenvalue weighted by Crippen LogP contribution is -2.54. The van der Waals surface area contributed by atoms with Crippen molar-refractivity contribution in [2.45, 2.75) is 13.5 Å². The Labute approximate surface area is 229 Å². The molecule has 1 N–H and O–H groups in total. The molecule has 0 atom stereocenters. The van der Waals surface area contributed by atoms with E-state index in [0.29, 0.717) is 46.0 Å². The van der Waals surface area contributed by atoms with Crippen molar-refractivity contribution in [3.05, 3.63) is 94.6 Å². The van der Waals surface area contributed by atoms with Gasteiger partial charge in [-0.1, -0.05) is 18.2 Å². The third-order valence-electron chi connectivity index (χ3n) is 6.33. The highest BCUT2D eigenvalue weighted by Gasteiger charge is 2.36. The van der Waals surface area contributed by atoms with Crippen LogP contribution in [0.15, 0.2) is 72.3 Å². The fourth-order valence-electron chi connectivity index (χ4n) is 4.48. The van der Waals surface area contributed by atoms with E-state index in [2.05, 4.69) is 5.32 Å². The second-order valence-electron chi connectivity index (χ2n) is 8.70. The number of hydrogen-bond acceptors (Lipinski definition) is 7. The van der Waals surface area contributed by atoms with E-state index in [9.17, 15) is 19.2 Å². The average molecular weight is 542 g/mol. The number of benzene rings is 3. The summed E-state index contributed by atoms with van der Waals surface area (Å²) in [6.07, 6.45) is 1.44. The predicted octanol–water partition coefficient (Wildman–Crippen LogP) is 3.72. The molecular formula is C29H23N3O6S. The standard InChI is InChI=1S/C29H23N3O6S/c1-3-38-20-11-9-19(10-12-20)32-28(36)23(25(33)30-29(32)39)15-17-8-13-24(37-2)18(14-17)16-31-26(34)21-6-4-5-7-22(21)27(31)35/h4-15H,3,16H2,1-2H3,(H,30,33,39)/b23-15-. The molecule has 0 radical (unpaired) electrons. The van der Waals surface area contributed by atoms with Crippen molar-refractivity contribution < 1.29 is 28.7 Å². The van der Waals surface area contributed by atoms with Crippen LogP contribution in [0.1, 0.15) is 38.8 Å². The Balaban J connectivity index is 1.45. The van der Waals surface area contributed by atoms with Crippen LogP contribution in [-0.4, -0.2) is 47.4 Å². The number of nitrogens with zero attached hydrogens (tertiary/aromatic N) is 2. The molecule has 0 saturated carbocycles. The topological polar surface area (TPSA) is 105 Å². The summed E-state index contributed by atoms with van der Waals surface area (Å²) in [7, 11) is 1.48. The normalized spacial score (nSPS) is 16.1. The maximum absolute atomic E-state index is 13.4. The van der Waals surface area contributed by atoms with Gasteiger partial charge in [0.1, 0.15) is 17.1 Å². The fraction of sp³-hybridized carbons (Fsp3) is 0.138. The van der Waals surface area contributed by atoms with Gasteiger partial charge in [-0.25, -0.2) is 0 Å². The summed E-state index contributed by atoms with van der Waals surface area (Å²) in [6.45, 7) is 2.32. The number of amides is 4. The van der Waals surface area contributed by atoms with Gasteiger partial charge in [0.05, 0.1) is 37.1 Å². The number of carbonyl (C=O) groups excluding carboxylic acids is 4. The quantitative estimate of drug-likeness (QED) is 0.210. The Bertz CT molecular complexity index is 1530. The van der Waals surface area contributed by atoms with Gasteiger partial charge in [0.2, 0.25) is 0 Å². The summed E-state index contributed by atoms with van der Waals surface area (Å²) in [5.74, 6) is -0.938. The van der Waals surface area contributed by atoms with E-state index in [1.165, 1.54) is 18.1 Å². The number of carbonyl (C=O) groups is 4. The first kappa shape index (κ1) is 25.8. The largest absolute Gasteiger partial charge is 0.496 e. The highest BCUT2D eigenvalue weighted by molar-refractivity contribution is 7.80. The zero-order valence-electron chi connectivity index (χ0n) is 21.1. The molecule has 0 aliphatic carbocycles. The minimum absolute atomic E-state index is 0.0349. The second-order valence-corrected chi connectivity index (χ2v) is 9.08. The molecule has 2 aliphatic rings. The van der Waals surface area contributed by atoms with E-state index < -0.39 is 23.6 Å². The van der Waals surface area contributed by atoms with Gasteiger partial charge >= 0.3 is 0 Å². The number of imide groups is 1. The lowest BCUT2D eigenvalue weighted by Gasteiger charge is -2.29. The van der Waals surface area contributed by atoms with Gasteiger partial charge in [0.25, 0.3) is 23.6 Å². The Morgan fingerprint density at radius 3 is 2.18 bits per heavy atom. The zero-order valence-corrected chi connectivity index (χ0v) is 21.9. The first-order chi connectivity index (χ1) is 18.8. The van der Waals surface area contributed by atoms with Crippen LogP contribution in [0.3, 0.4) is 0 Å². The van der Waals surface area contributed by atoms with Crippen LogP contribution < -0.4 is 19.7 Å². The van der Waals surface area contributed by atoms with E-state index >= 15 is 0 Å². The number of hydrogen-bond donors (Lipinski definition) is 1. The molecule has 2 aliphatic heterocycles. The SMILES string of the molecule is CCOc1ccc(N2C(=O)/C(=C\c3ccc(OC)c(CN4C(=O)c5ccccc5C4=O)c3)C(=O)NC2=S)cc1. The monoisotopic (exact) mass is 541 g/mol. The van der Waals surface area contributed by atoms with E-state index in [1.54, 1.807) is 66.7 Å². The van der Waals surface area contributed by atoms with Gasteiger partial charge in [0, 0.05) is 5.56 Å². The Morgan fingerprint density at radius 1 is 0.897 bits per heavy atom. The molecular weight excluding hydrogens is 518 g/mol. The van der Waals surface area contributed by atoms with Gasteiger partial charge in [-0.15, -0.1) is 0 Å². The Kier molecular flexibility index (Phi) is 6.95. The third-order valence-corrected chi connectivity index (χ3v) is 6.61. The molecule has 2 heterocycles. The van der Waals surface area contributed by atoms with E-state index in [1.807, 2.05) is 6.92 Å². The molecule has 0 unspecified atom stereocenters. The average Bonchev–Trinajstić information content (AvgIpc) is 3.17. The fourth-order valence-corrected chi connectivity index (χ4v) is 4.76. The summed E-state index contributed by atoms with van der Waals surface area (Å²) < 4.78 is 10.9. The predicted molar refractivity (Wildman–Crippen MR) is 147 cm³/mol. The molecule has 0 bridgehead atoms. The summed E-state index contributed by atoms with van der Waals surface area (Å²) >= 11 is 5.28. The molecule has 39 heavy (non-hydrogen) atoms. The van der Waals surface area contributed by atoms with Crippen LogP contribution in [0.4, 0.5) is 5.69 Å². The number of rotatable bonds is 7. The maximum Gasteiger partial charge on any atom is 0.270 e. The first-order valence-electron chi connectivity index (χ1n) is 12.1. The van der Waals surface area contributed by atoms with E-state index in [-0.39, 0.29) is 17.2 Å². The van der Waals surface area contributed by atoms with E-state index in [0.717, 1.165) is 4.90 Å². The van der Waals surface area contributed by atoms with Crippen LogP contribution in [-0.2, 0) is 16.1 Å². The highest BCUT2D eigenvalue weighted by atomic mass is 32.1. The number of ether oxygens (including phenoxy) is 2. The Hall–Kier alpha value is -4.83. The number of methoxy groups -OCH3 is 1. The summed E-state index contributed by atoms with van der Waals surface area (Å²) in [4.78, 5) is 54.3. The molecule has 3 aromatic carbocycles. The van der Waals surface area contributed by atoms with Crippen molar-refractivity contribution in [3.63, 3.8) is 0 Å².